The van der Waals surface area contributed by atoms with Crippen LogP contribution in [-0.4, -0.2) is 5.11 Å². The Kier molecular flexibility index (Phi) is 2.25. The lowest BCUT2D eigenvalue weighted by Gasteiger charge is -2.03. The molecule has 0 unspecified atom stereocenters. The van der Waals surface area contributed by atoms with Crippen molar-refractivity contribution in [1.82, 2.24) is 0 Å². The van der Waals surface area contributed by atoms with Crippen molar-refractivity contribution >= 4 is 33.2 Å². The topological polar surface area (TPSA) is 46.2 Å². The monoisotopic (exact) mass is 239 g/mol. The SMILES string of the molecule is Nc1c(O)cc(F)c(Br)c1Cl. The van der Waals surface area contributed by atoms with Crippen LogP contribution in [0.25, 0.3) is 0 Å². The molecular formula is C6H4BrClFNO. The first kappa shape index (κ1) is 8.62. The summed E-state index contributed by atoms with van der Waals surface area (Å²) in [5.41, 5.74) is 5.25. The van der Waals surface area contributed by atoms with E-state index in [0.717, 1.165) is 6.07 Å². The van der Waals surface area contributed by atoms with Crippen molar-refractivity contribution in [3.8, 4) is 5.75 Å². The molecule has 3 N–H and O–H groups in total. The maximum absolute atomic E-state index is 12.7. The lowest BCUT2D eigenvalue weighted by Crippen LogP contribution is -1.90. The summed E-state index contributed by atoms with van der Waals surface area (Å²) in [7, 11) is 0. The Morgan fingerprint density at radius 2 is 2.18 bits per heavy atom. The quantitative estimate of drug-likeness (QED) is 0.416. The van der Waals surface area contributed by atoms with Gasteiger partial charge < -0.3 is 10.8 Å². The largest absolute Gasteiger partial charge is 0.506 e. The van der Waals surface area contributed by atoms with Gasteiger partial charge in [0.05, 0.1) is 15.2 Å². The zero-order chi connectivity index (χ0) is 8.59. The average Bonchev–Trinajstić information content (AvgIpc) is 1.97. The predicted molar refractivity (Wildman–Crippen MR) is 45.2 cm³/mol. The number of nitrogens with two attached hydrogens (primary N) is 1. The van der Waals surface area contributed by atoms with E-state index in [2.05, 4.69) is 15.9 Å². The van der Waals surface area contributed by atoms with Crippen LogP contribution in [-0.2, 0) is 0 Å². The van der Waals surface area contributed by atoms with Crippen molar-refractivity contribution in [3.05, 3.63) is 21.4 Å². The summed E-state index contributed by atoms with van der Waals surface area (Å²) in [6, 6.07) is 0.894. The molecule has 0 aliphatic heterocycles. The first-order chi connectivity index (χ1) is 5.04. The second-order valence-electron chi connectivity index (χ2n) is 1.92. The highest BCUT2D eigenvalue weighted by Crippen LogP contribution is 2.36. The third-order valence-corrected chi connectivity index (χ3v) is 2.57. The van der Waals surface area contributed by atoms with Gasteiger partial charge in [0.25, 0.3) is 0 Å². The first-order valence-electron chi connectivity index (χ1n) is 2.66. The number of nitrogen functional groups attached to an aromatic ring is 1. The van der Waals surface area contributed by atoms with Crippen LogP contribution < -0.4 is 5.73 Å². The van der Waals surface area contributed by atoms with E-state index in [1.54, 1.807) is 0 Å². The maximum atomic E-state index is 12.7. The molecule has 60 valence electrons. The summed E-state index contributed by atoms with van der Waals surface area (Å²) in [5.74, 6) is -0.989. The van der Waals surface area contributed by atoms with Crippen molar-refractivity contribution in [2.75, 3.05) is 5.73 Å². The smallest absolute Gasteiger partial charge is 0.143 e. The van der Waals surface area contributed by atoms with Crippen LogP contribution in [0.2, 0.25) is 5.02 Å². The number of halogens is 3. The van der Waals surface area contributed by atoms with Crippen LogP contribution >= 0.6 is 27.5 Å². The lowest BCUT2D eigenvalue weighted by atomic mass is 10.3. The molecule has 1 aromatic carbocycles. The number of rotatable bonds is 0. The minimum Gasteiger partial charge on any atom is -0.506 e. The fraction of sp³-hybridized carbons (Fsp3) is 0. The maximum Gasteiger partial charge on any atom is 0.143 e. The minimum absolute atomic E-state index is 0.0116. The molecule has 0 saturated carbocycles. The summed E-state index contributed by atoms with van der Waals surface area (Å²) >= 11 is 8.38. The number of phenolic OH excluding ortho intramolecular Hbond substituents is 1. The zero-order valence-corrected chi connectivity index (χ0v) is 7.58. The van der Waals surface area contributed by atoms with Gasteiger partial charge >= 0.3 is 0 Å². The fourth-order valence-corrected chi connectivity index (χ4v) is 1.11. The van der Waals surface area contributed by atoms with E-state index in [9.17, 15) is 4.39 Å². The van der Waals surface area contributed by atoms with Gasteiger partial charge in [-0.05, 0) is 15.9 Å². The van der Waals surface area contributed by atoms with Gasteiger partial charge in [-0.15, -0.1) is 0 Å². The molecule has 2 nitrogen and oxygen atoms in total. The molecule has 0 saturated heterocycles. The van der Waals surface area contributed by atoms with E-state index in [-0.39, 0.29) is 20.9 Å². The van der Waals surface area contributed by atoms with Gasteiger partial charge in [0.2, 0.25) is 0 Å². The van der Waals surface area contributed by atoms with E-state index < -0.39 is 5.82 Å². The van der Waals surface area contributed by atoms with Crippen LogP contribution in [0.5, 0.6) is 5.75 Å². The number of benzene rings is 1. The third-order valence-electron chi connectivity index (χ3n) is 1.18. The van der Waals surface area contributed by atoms with Crippen LogP contribution in [0.3, 0.4) is 0 Å². The van der Waals surface area contributed by atoms with Crippen LogP contribution in [0.4, 0.5) is 10.1 Å². The van der Waals surface area contributed by atoms with Crippen molar-refractivity contribution < 1.29 is 9.50 Å². The molecule has 1 aromatic rings. The van der Waals surface area contributed by atoms with Crippen molar-refractivity contribution in [2.24, 2.45) is 0 Å². The summed E-state index contributed by atoms with van der Waals surface area (Å²) < 4.78 is 12.7. The van der Waals surface area contributed by atoms with E-state index in [1.165, 1.54) is 0 Å². The van der Waals surface area contributed by atoms with Crippen molar-refractivity contribution in [1.29, 1.82) is 0 Å². The van der Waals surface area contributed by atoms with Crippen LogP contribution in [0.15, 0.2) is 10.5 Å². The van der Waals surface area contributed by atoms with Gasteiger partial charge in [0.15, 0.2) is 0 Å². The Balaban J connectivity index is 3.46. The summed E-state index contributed by atoms with van der Waals surface area (Å²) in [6.45, 7) is 0. The van der Waals surface area contributed by atoms with Gasteiger partial charge in [-0.25, -0.2) is 4.39 Å². The van der Waals surface area contributed by atoms with Gasteiger partial charge in [-0.2, -0.15) is 0 Å². The lowest BCUT2D eigenvalue weighted by molar-refractivity contribution is 0.471. The van der Waals surface area contributed by atoms with Crippen LogP contribution in [0.1, 0.15) is 0 Å². The highest BCUT2D eigenvalue weighted by molar-refractivity contribution is 9.10. The number of hydrogen-bond acceptors (Lipinski definition) is 2. The Morgan fingerprint density at radius 3 is 2.73 bits per heavy atom. The molecule has 0 fully saturated rings. The fourth-order valence-electron chi connectivity index (χ4n) is 0.597. The van der Waals surface area contributed by atoms with Gasteiger partial charge in [-0.3, -0.25) is 0 Å². The van der Waals surface area contributed by atoms with Crippen molar-refractivity contribution in [3.63, 3.8) is 0 Å². The average molecular weight is 240 g/mol. The van der Waals surface area contributed by atoms with Crippen LogP contribution in [0, 0.1) is 5.82 Å². The molecule has 0 amide bonds. The Labute approximate surface area is 75.9 Å². The number of hydrogen-bond donors (Lipinski definition) is 2. The minimum atomic E-state index is -0.637. The molecule has 5 heteroatoms. The summed E-state index contributed by atoms with van der Waals surface area (Å²) in [4.78, 5) is 0. The summed E-state index contributed by atoms with van der Waals surface area (Å²) in [6.07, 6.45) is 0. The molecule has 1 rings (SSSR count). The van der Waals surface area contributed by atoms with E-state index in [4.69, 9.17) is 22.4 Å². The Hall–Kier alpha value is -0.480. The molecule has 0 atom stereocenters. The number of anilines is 1. The van der Waals surface area contributed by atoms with Gasteiger partial charge in [0.1, 0.15) is 11.6 Å². The zero-order valence-electron chi connectivity index (χ0n) is 5.24. The van der Waals surface area contributed by atoms with E-state index >= 15 is 0 Å². The molecule has 0 heterocycles. The Morgan fingerprint density at radius 1 is 1.64 bits per heavy atom. The van der Waals surface area contributed by atoms with Gasteiger partial charge in [0, 0.05) is 6.07 Å². The molecule has 0 radical (unpaired) electrons. The predicted octanol–water partition coefficient (Wildman–Crippen LogP) is 2.53. The molecule has 0 spiro atoms. The molecule has 0 aliphatic carbocycles. The second kappa shape index (κ2) is 2.87. The number of phenols is 1. The molecule has 0 aromatic heterocycles. The summed E-state index contributed by atoms with van der Waals surface area (Å²) in [5, 5.41) is 8.92. The van der Waals surface area contributed by atoms with E-state index in [0.29, 0.717) is 0 Å². The van der Waals surface area contributed by atoms with E-state index in [1.807, 2.05) is 0 Å². The molecule has 11 heavy (non-hydrogen) atoms. The molecule has 0 aliphatic rings. The number of aromatic hydroxyl groups is 1. The normalized spacial score (nSPS) is 10.1. The van der Waals surface area contributed by atoms with Gasteiger partial charge in [-0.1, -0.05) is 11.6 Å². The van der Waals surface area contributed by atoms with Crippen molar-refractivity contribution in [2.45, 2.75) is 0 Å². The first-order valence-corrected chi connectivity index (χ1v) is 3.83. The third kappa shape index (κ3) is 1.41. The standard InChI is InChI=1S/C6H4BrClFNO/c7-4-2(9)1-3(11)6(10)5(4)8/h1,11H,10H2. The highest BCUT2D eigenvalue weighted by Gasteiger charge is 2.11. The second-order valence-corrected chi connectivity index (χ2v) is 3.09. The molecular weight excluding hydrogens is 236 g/mol. The molecule has 0 bridgehead atoms. The Bertz CT molecular complexity index is 279. The highest BCUT2D eigenvalue weighted by atomic mass is 79.9.